The van der Waals surface area contributed by atoms with Gasteiger partial charge in [0.2, 0.25) is 0 Å². The van der Waals surface area contributed by atoms with Gasteiger partial charge in [0.25, 0.3) is 0 Å². The van der Waals surface area contributed by atoms with Crippen LogP contribution in [-0.4, -0.2) is 30.5 Å². The molecular formula is C16H19F2N3. The zero-order valence-corrected chi connectivity index (χ0v) is 12.2. The van der Waals surface area contributed by atoms with Crippen molar-refractivity contribution in [2.75, 3.05) is 26.0 Å². The monoisotopic (exact) mass is 291 g/mol. The van der Waals surface area contributed by atoms with Crippen LogP contribution in [0.25, 0.3) is 0 Å². The molecule has 1 N–H and O–H groups in total. The standard InChI is InChI=1S/C16H19F2N3/c1-21(2)11-13-5-3-12(4-6-13)7-8-20-16-14(17)9-19-10-15(16)18/h3-6,9-10H,7-8,11H2,1-2H3,(H,19,20). The number of aromatic nitrogens is 1. The van der Waals surface area contributed by atoms with Gasteiger partial charge in [0.05, 0.1) is 12.4 Å². The van der Waals surface area contributed by atoms with Crippen LogP contribution in [0.5, 0.6) is 0 Å². The van der Waals surface area contributed by atoms with Gasteiger partial charge >= 0.3 is 0 Å². The first-order valence-electron chi connectivity index (χ1n) is 6.81. The molecule has 2 rings (SSSR count). The summed E-state index contributed by atoms with van der Waals surface area (Å²) in [5, 5.41) is 2.78. The van der Waals surface area contributed by atoms with E-state index >= 15 is 0 Å². The van der Waals surface area contributed by atoms with Crippen LogP contribution in [-0.2, 0) is 13.0 Å². The van der Waals surface area contributed by atoms with Gasteiger partial charge in [-0.2, -0.15) is 0 Å². The molecule has 0 unspecified atom stereocenters. The Balaban J connectivity index is 1.89. The van der Waals surface area contributed by atoms with Crippen LogP contribution < -0.4 is 5.32 Å². The Kier molecular flexibility index (Phi) is 5.22. The molecule has 0 radical (unpaired) electrons. The second-order valence-corrected chi connectivity index (χ2v) is 5.21. The molecule has 0 aliphatic carbocycles. The van der Waals surface area contributed by atoms with Gasteiger partial charge < -0.3 is 10.2 Å². The maximum absolute atomic E-state index is 13.4. The molecule has 2 aromatic rings. The van der Waals surface area contributed by atoms with E-state index in [1.54, 1.807) is 0 Å². The lowest BCUT2D eigenvalue weighted by Gasteiger charge is -2.11. The lowest BCUT2D eigenvalue weighted by molar-refractivity contribution is 0.402. The van der Waals surface area contributed by atoms with Crippen LogP contribution in [0.1, 0.15) is 11.1 Å². The molecule has 1 heterocycles. The van der Waals surface area contributed by atoms with Gasteiger partial charge in [-0.05, 0) is 31.6 Å². The topological polar surface area (TPSA) is 28.2 Å². The Morgan fingerprint density at radius 3 is 2.14 bits per heavy atom. The van der Waals surface area contributed by atoms with E-state index in [9.17, 15) is 8.78 Å². The number of hydrogen-bond acceptors (Lipinski definition) is 3. The second kappa shape index (κ2) is 7.13. The quantitative estimate of drug-likeness (QED) is 0.886. The predicted molar refractivity (Wildman–Crippen MR) is 80.2 cm³/mol. The summed E-state index contributed by atoms with van der Waals surface area (Å²) < 4.78 is 26.8. The number of halogens is 2. The minimum absolute atomic E-state index is 0.116. The van der Waals surface area contributed by atoms with Crippen molar-refractivity contribution in [1.29, 1.82) is 0 Å². The normalized spacial score (nSPS) is 10.9. The van der Waals surface area contributed by atoms with Gasteiger partial charge in [-0.1, -0.05) is 24.3 Å². The van der Waals surface area contributed by atoms with Crippen molar-refractivity contribution in [1.82, 2.24) is 9.88 Å². The van der Waals surface area contributed by atoms with E-state index in [0.29, 0.717) is 13.0 Å². The summed E-state index contributed by atoms with van der Waals surface area (Å²) in [7, 11) is 4.05. The molecule has 0 aliphatic rings. The first-order chi connectivity index (χ1) is 10.1. The van der Waals surface area contributed by atoms with E-state index in [1.807, 2.05) is 26.2 Å². The molecule has 112 valence electrons. The van der Waals surface area contributed by atoms with Gasteiger partial charge in [0, 0.05) is 13.1 Å². The first-order valence-corrected chi connectivity index (χ1v) is 6.81. The summed E-state index contributed by atoms with van der Waals surface area (Å²) in [6, 6.07) is 8.23. The summed E-state index contributed by atoms with van der Waals surface area (Å²) in [5.74, 6) is -1.34. The van der Waals surface area contributed by atoms with E-state index in [2.05, 4.69) is 27.3 Å². The molecule has 0 saturated heterocycles. The minimum atomic E-state index is -0.670. The molecule has 3 nitrogen and oxygen atoms in total. The summed E-state index contributed by atoms with van der Waals surface area (Å²) in [6.07, 6.45) is 2.70. The molecule has 21 heavy (non-hydrogen) atoms. The average Bonchev–Trinajstić information content (AvgIpc) is 2.43. The molecule has 0 spiro atoms. The van der Waals surface area contributed by atoms with Crippen LogP contribution in [0, 0.1) is 11.6 Å². The molecule has 1 aromatic heterocycles. The molecular weight excluding hydrogens is 272 g/mol. The van der Waals surface area contributed by atoms with E-state index in [-0.39, 0.29) is 5.69 Å². The van der Waals surface area contributed by atoms with Crippen LogP contribution in [0.3, 0.4) is 0 Å². The number of rotatable bonds is 6. The molecule has 0 fully saturated rings. The molecule has 0 saturated carbocycles. The van der Waals surface area contributed by atoms with Gasteiger partial charge in [0.1, 0.15) is 5.69 Å². The highest BCUT2D eigenvalue weighted by Crippen LogP contribution is 2.16. The number of nitrogens with zero attached hydrogens (tertiary/aromatic N) is 2. The van der Waals surface area contributed by atoms with Crippen LogP contribution in [0.15, 0.2) is 36.7 Å². The smallest absolute Gasteiger partial charge is 0.167 e. The predicted octanol–water partition coefficient (Wildman–Crippen LogP) is 3.08. The molecule has 0 atom stereocenters. The summed E-state index contributed by atoms with van der Waals surface area (Å²) in [5.41, 5.74) is 2.25. The Morgan fingerprint density at radius 2 is 1.57 bits per heavy atom. The van der Waals surface area contributed by atoms with E-state index in [1.165, 1.54) is 5.56 Å². The van der Waals surface area contributed by atoms with Crippen molar-refractivity contribution < 1.29 is 8.78 Å². The SMILES string of the molecule is CN(C)Cc1ccc(CCNc2c(F)cncc2F)cc1. The summed E-state index contributed by atoms with van der Waals surface area (Å²) in [6.45, 7) is 1.36. The minimum Gasteiger partial charge on any atom is -0.380 e. The summed E-state index contributed by atoms with van der Waals surface area (Å²) in [4.78, 5) is 5.55. The maximum Gasteiger partial charge on any atom is 0.167 e. The van der Waals surface area contributed by atoms with Crippen LogP contribution in [0.2, 0.25) is 0 Å². The number of nitrogens with one attached hydrogen (secondary N) is 1. The third kappa shape index (κ3) is 4.49. The fourth-order valence-electron chi connectivity index (χ4n) is 2.09. The van der Waals surface area contributed by atoms with Gasteiger partial charge in [-0.15, -0.1) is 0 Å². The number of pyridine rings is 1. The molecule has 0 amide bonds. The third-order valence-electron chi connectivity index (χ3n) is 3.09. The van der Waals surface area contributed by atoms with Crippen molar-refractivity contribution in [2.45, 2.75) is 13.0 Å². The Bertz CT molecular complexity index is 562. The molecule has 1 aromatic carbocycles. The van der Waals surface area contributed by atoms with Crippen molar-refractivity contribution in [3.63, 3.8) is 0 Å². The zero-order valence-electron chi connectivity index (χ0n) is 12.2. The highest BCUT2D eigenvalue weighted by Gasteiger charge is 2.07. The highest BCUT2D eigenvalue weighted by molar-refractivity contribution is 5.44. The van der Waals surface area contributed by atoms with E-state index in [0.717, 1.165) is 24.5 Å². The Labute approximate surface area is 123 Å². The van der Waals surface area contributed by atoms with Crippen molar-refractivity contribution in [3.05, 3.63) is 59.4 Å². The van der Waals surface area contributed by atoms with Crippen molar-refractivity contribution in [2.24, 2.45) is 0 Å². The Morgan fingerprint density at radius 1 is 1.00 bits per heavy atom. The maximum atomic E-state index is 13.4. The first kappa shape index (κ1) is 15.4. The van der Waals surface area contributed by atoms with Gasteiger partial charge in [0.15, 0.2) is 11.6 Å². The zero-order chi connectivity index (χ0) is 15.2. The van der Waals surface area contributed by atoms with Gasteiger partial charge in [-0.25, -0.2) is 8.78 Å². The van der Waals surface area contributed by atoms with Crippen LogP contribution >= 0.6 is 0 Å². The van der Waals surface area contributed by atoms with E-state index < -0.39 is 11.6 Å². The van der Waals surface area contributed by atoms with Crippen LogP contribution in [0.4, 0.5) is 14.5 Å². The largest absolute Gasteiger partial charge is 0.380 e. The average molecular weight is 291 g/mol. The fraction of sp³-hybridized carbons (Fsp3) is 0.312. The summed E-state index contributed by atoms with van der Waals surface area (Å²) >= 11 is 0. The number of anilines is 1. The third-order valence-corrected chi connectivity index (χ3v) is 3.09. The van der Waals surface area contributed by atoms with Crippen molar-refractivity contribution >= 4 is 5.69 Å². The van der Waals surface area contributed by atoms with Crippen molar-refractivity contribution in [3.8, 4) is 0 Å². The molecule has 5 heteroatoms. The Hall–Kier alpha value is -2.01. The van der Waals surface area contributed by atoms with E-state index in [4.69, 9.17) is 0 Å². The number of hydrogen-bond donors (Lipinski definition) is 1. The fourth-order valence-corrected chi connectivity index (χ4v) is 2.09. The second-order valence-electron chi connectivity index (χ2n) is 5.21. The van der Waals surface area contributed by atoms with Gasteiger partial charge in [-0.3, -0.25) is 4.98 Å². The highest BCUT2D eigenvalue weighted by atomic mass is 19.1. The lowest BCUT2D eigenvalue weighted by atomic mass is 10.1. The molecule has 0 bridgehead atoms. The molecule has 0 aliphatic heterocycles. The number of benzene rings is 1. The lowest BCUT2D eigenvalue weighted by Crippen LogP contribution is -2.11.